The lowest BCUT2D eigenvalue weighted by Crippen LogP contribution is -2.12. The minimum atomic E-state index is -2.27. The van der Waals surface area contributed by atoms with Crippen LogP contribution in [0.3, 0.4) is 0 Å². The molecule has 2 atom stereocenters. The Hall–Kier alpha value is -1.29. The molecular formula is C15H20N2O4P2. The molecule has 6 nitrogen and oxygen atoms in total. The van der Waals surface area contributed by atoms with E-state index in [1.165, 1.54) is 11.1 Å². The maximum absolute atomic E-state index is 9.18. The lowest BCUT2D eigenvalue weighted by molar-refractivity contribution is 0.322. The summed E-state index contributed by atoms with van der Waals surface area (Å²) in [7, 11) is -2.90. The summed E-state index contributed by atoms with van der Waals surface area (Å²) in [6, 6.07) is 11.7. The molecule has 0 saturated carbocycles. The molecule has 4 N–H and O–H groups in total. The Morgan fingerprint density at radius 3 is 2.65 bits per heavy atom. The molecule has 0 amide bonds. The van der Waals surface area contributed by atoms with E-state index >= 15 is 0 Å². The highest BCUT2D eigenvalue weighted by Crippen LogP contribution is 2.40. The van der Waals surface area contributed by atoms with E-state index in [1.54, 1.807) is 18.3 Å². The number of nitrogens with zero attached hydrogens (tertiary/aromatic N) is 1. The lowest BCUT2D eigenvalue weighted by atomic mass is 10.1. The third-order valence-electron chi connectivity index (χ3n) is 3.15. The summed E-state index contributed by atoms with van der Waals surface area (Å²) < 4.78 is 5.70. The van der Waals surface area contributed by atoms with Gasteiger partial charge in [0, 0.05) is 27.5 Å². The Kier molecular flexibility index (Phi) is 7.15. The van der Waals surface area contributed by atoms with Crippen LogP contribution in [0.5, 0.6) is 5.75 Å². The molecule has 0 saturated heterocycles. The number of hydrogen-bond acceptors (Lipinski definition) is 6. The first-order valence-corrected chi connectivity index (χ1v) is 9.40. The summed E-state index contributed by atoms with van der Waals surface area (Å²) in [5.41, 5.74) is 1.63. The highest BCUT2D eigenvalue weighted by Gasteiger charge is 2.17. The predicted octanol–water partition coefficient (Wildman–Crippen LogP) is 2.59. The summed E-state index contributed by atoms with van der Waals surface area (Å²) in [4.78, 5) is 31.5. The van der Waals surface area contributed by atoms with E-state index in [4.69, 9.17) is 9.63 Å². The van der Waals surface area contributed by atoms with Gasteiger partial charge in [0.15, 0.2) is 8.38 Å². The molecule has 2 unspecified atom stereocenters. The van der Waals surface area contributed by atoms with E-state index in [-0.39, 0.29) is 0 Å². The summed E-state index contributed by atoms with van der Waals surface area (Å²) >= 11 is 0. The van der Waals surface area contributed by atoms with Crippen molar-refractivity contribution in [3.8, 4) is 5.75 Å². The van der Waals surface area contributed by atoms with E-state index in [0.717, 1.165) is 6.42 Å². The van der Waals surface area contributed by atoms with Gasteiger partial charge in [0.05, 0.1) is 6.61 Å². The SMILES string of the molecule is Cc1ccc(CCOc2ccnc(NC(PO)P(O)O)c2)cc1. The summed E-state index contributed by atoms with van der Waals surface area (Å²) in [5.74, 6) is 1.06. The highest BCUT2D eigenvalue weighted by molar-refractivity contribution is 7.59. The molecule has 124 valence electrons. The average Bonchev–Trinajstić information content (AvgIpc) is 2.54. The lowest BCUT2D eigenvalue weighted by Gasteiger charge is -2.17. The van der Waals surface area contributed by atoms with Crippen LogP contribution in [0.15, 0.2) is 42.6 Å². The van der Waals surface area contributed by atoms with Gasteiger partial charge in [-0.1, -0.05) is 29.8 Å². The highest BCUT2D eigenvalue weighted by atomic mass is 31.2. The largest absolute Gasteiger partial charge is 0.493 e. The Morgan fingerprint density at radius 1 is 1.26 bits per heavy atom. The van der Waals surface area contributed by atoms with Gasteiger partial charge in [0.2, 0.25) is 0 Å². The van der Waals surface area contributed by atoms with E-state index in [0.29, 0.717) is 18.2 Å². The van der Waals surface area contributed by atoms with Gasteiger partial charge in [-0.05, 0) is 18.6 Å². The Bertz CT molecular complexity index is 611. The Morgan fingerprint density at radius 2 is 2.00 bits per heavy atom. The normalized spacial score (nSPS) is 12.7. The van der Waals surface area contributed by atoms with Crippen LogP contribution in [0, 0.1) is 6.92 Å². The van der Waals surface area contributed by atoms with Crippen molar-refractivity contribution in [3.63, 3.8) is 0 Å². The van der Waals surface area contributed by atoms with Crippen molar-refractivity contribution in [2.24, 2.45) is 0 Å². The third-order valence-corrected chi connectivity index (χ3v) is 5.17. The van der Waals surface area contributed by atoms with E-state index in [9.17, 15) is 9.79 Å². The number of benzene rings is 1. The van der Waals surface area contributed by atoms with Crippen molar-refractivity contribution in [1.29, 1.82) is 0 Å². The average molecular weight is 354 g/mol. The fourth-order valence-corrected chi connectivity index (χ4v) is 2.78. The van der Waals surface area contributed by atoms with Gasteiger partial charge < -0.3 is 24.7 Å². The van der Waals surface area contributed by atoms with Crippen LogP contribution in [0.2, 0.25) is 0 Å². The van der Waals surface area contributed by atoms with Gasteiger partial charge >= 0.3 is 0 Å². The van der Waals surface area contributed by atoms with Crippen molar-refractivity contribution < 1.29 is 19.4 Å². The van der Waals surface area contributed by atoms with Crippen molar-refractivity contribution in [2.45, 2.75) is 18.9 Å². The maximum Gasteiger partial charge on any atom is 0.196 e. The van der Waals surface area contributed by atoms with Gasteiger partial charge in [0.1, 0.15) is 17.1 Å². The summed E-state index contributed by atoms with van der Waals surface area (Å²) in [6.07, 6.45) is 2.36. The van der Waals surface area contributed by atoms with Crippen molar-refractivity contribution in [3.05, 3.63) is 53.7 Å². The van der Waals surface area contributed by atoms with Gasteiger partial charge in [-0.2, -0.15) is 0 Å². The number of nitrogens with one attached hydrogen (secondary N) is 1. The number of anilines is 1. The van der Waals surface area contributed by atoms with Crippen LogP contribution in [0.1, 0.15) is 11.1 Å². The smallest absolute Gasteiger partial charge is 0.196 e. The molecular weight excluding hydrogens is 334 g/mol. The number of pyridine rings is 1. The van der Waals surface area contributed by atoms with Crippen LogP contribution in [-0.4, -0.2) is 31.8 Å². The molecule has 23 heavy (non-hydrogen) atoms. The topological polar surface area (TPSA) is 94.8 Å². The number of aromatic nitrogens is 1. The number of ether oxygens (including phenoxy) is 1. The molecule has 0 aliphatic carbocycles. The van der Waals surface area contributed by atoms with Crippen molar-refractivity contribution in [1.82, 2.24) is 4.98 Å². The molecule has 0 fully saturated rings. The van der Waals surface area contributed by atoms with Crippen LogP contribution in [0.25, 0.3) is 0 Å². The minimum Gasteiger partial charge on any atom is -0.493 e. The number of aryl methyl sites for hydroxylation is 1. The first-order valence-electron chi connectivity index (χ1n) is 7.06. The molecule has 0 spiro atoms. The van der Waals surface area contributed by atoms with Gasteiger partial charge in [-0.3, -0.25) is 0 Å². The van der Waals surface area contributed by atoms with E-state index < -0.39 is 22.7 Å². The number of rotatable bonds is 8. The zero-order valence-corrected chi connectivity index (χ0v) is 14.6. The van der Waals surface area contributed by atoms with Crippen LogP contribution < -0.4 is 10.1 Å². The molecule has 1 aromatic heterocycles. The summed E-state index contributed by atoms with van der Waals surface area (Å²) in [5, 5.41) is 2.78. The molecule has 1 heterocycles. The Balaban J connectivity index is 1.88. The molecule has 2 aromatic rings. The third kappa shape index (κ3) is 6.02. The fourth-order valence-electron chi connectivity index (χ4n) is 1.90. The van der Waals surface area contributed by atoms with Crippen molar-refractivity contribution in [2.75, 3.05) is 11.9 Å². The Labute approximate surface area is 138 Å². The molecule has 0 aliphatic heterocycles. The zero-order valence-electron chi connectivity index (χ0n) is 12.7. The zero-order chi connectivity index (χ0) is 16.7. The second kappa shape index (κ2) is 9.11. The van der Waals surface area contributed by atoms with Crippen molar-refractivity contribution >= 4 is 23.0 Å². The van der Waals surface area contributed by atoms with Gasteiger partial charge in [-0.15, -0.1) is 0 Å². The molecule has 8 heteroatoms. The molecule has 2 rings (SSSR count). The first-order chi connectivity index (χ1) is 11.1. The number of hydrogen-bond donors (Lipinski definition) is 4. The second-order valence-electron chi connectivity index (χ2n) is 4.96. The first kappa shape index (κ1) is 18.1. The van der Waals surface area contributed by atoms with E-state index in [1.807, 2.05) is 0 Å². The van der Waals surface area contributed by atoms with Gasteiger partial charge in [-0.25, -0.2) is 4.98 Å². The predicted molar refractivity (Wildman–Crippen MR) is 93.9 cm³/mol. The molecule has 1 aromatic carbocycles. The molecule has 0 aliphatic rings. The maximum atomic E-state index is 9.18. The molecule has 0 radical (unpaired) electrons. The fraction of sp³-hybridized carbons (Fsp3) is 0.267. The summed E-state index contributed by atoms with van der Waals surface area (Å²) in [6.45, 7) is 2.58. The van der Waals surface area contributed by atoms with Gasteiger partial charge in [0.25, 0.3) is 0 Å². The molecule has 0 bridgehead atoms. The standard InChI is InChI=1S/C15H20N2O4P2/c1-11-2-4-12(5-3-11)7-9-21-13-6-8-16-14(10-13)17-15(22-18)23(19)20/h2-6,8,10,15,18-20,22H,7,9H2,1H3,(H,16,17). The van der Waals surface area contributed by atoms with E-state index in [2.05, 4.69) is 41.5 Å². The quantitative estimate of drug-likeness (QED) is 0.545. The monoisotopic (exact) mass is 354 g/mol. The van der Waals surface area contributed by atoms with Crippen LogP contribution >= 0.6 is 17.2 Å². The second-order valence-corrected chi connectivity index (χ2v) is 7.44. The van der Waals surface area contributed by atoms with Crippen LogP contribution in [0.4, 0.5) is 5.82 Å². The minimum absolute atomic E-state index is 0.431. The van der Waals surface area contributed by atoms with Crippen LogP contribution in [-0.2, 0) is 6.42 Å².